The Kier molecular flexibility index (Phi) is 1.11. The Morgan fingerprint density at radius 3 is 2.71 bits per heavy atom. The quantitative estimate of drug-likeness (QED) is 0.525. The van der Waals surface area contributed by atoms with E-state index in [0.717, 1.165) is 13.0 Å². The minimum Gasteiger partial charge on any atom is -0.307 e. The molecule has 1 aliphatic carbocycles. The molecule has 0 aliphatic heterocycles. The van der Waals surface area contributed by atoms with Gasteiger partial charge in [-0.15, -0.1) is 0 Å². The fourth-order valence-corrected chi connectivity index (χ4v) is 0.575. The highest BCUT2D eigenvalue weighted by molar-refractivity contribution is 5.99. The maximum atomic E-state index is 10.2. The largest absolute Gasteiger partial charge is 0.307 e. The first-order valence-corrected chi connectivity index (χ1v) is 2.60. The van der Waals surface area contributed by atoms with Crippen molar-refractivity contribution in [1.29, 1.82) is 0 Å². The molecule has 1 atom stereocenters. The SMILES string of the molecule is CCNC1CC1=O. The number of carbonyl (C=O) groups excluding carboxylic acids is 1. The second-order valence-corrected chi connectivity index (χ2v) is 1.78. The lowest BCUT2D eigenvalue weighted by atomic mass is 10.6. The summed E-state index contributed by atoms with van der Waals surface area (Å²) in [4.78, 5) is 10.2. The van der Waals surface area contributed by atoms with Crippen LogP contribution in [0.3, 0.4) is 0 Å². The Balaban J connectivity index is 2.09. The molecule has 1 unspecified atom stereocenters. The van der Waals surface area contributed by atoms with E-state index in [9.17, 15) is 4.79 Å². The van der Waals surface area contributed by atoms with Gasteiger partial charge in [-0.3, -0.25) is 4.79 Å². The highest BCUT2D eigenvalue weighted by Gasteiger charge is 2.32. The first-order chi connectivity index (χ1) is 3.34. The van der Waals surface area contributed by atoms with Gasteiger partial charge in [0.05, 0.1) is 6.04 Å². The van der Waals surface area contributed by atoms with Crippen LogP contribution in [0.2, 0.25) is 0 Å². The zero-order valence-corrected chi connectivity index (χ0v) is 4.40. The van der Waals surface area contributed by atoms with Crippen molar-refractivity contribution < 1.29 is 4.79 Å². The number of ketones is 1. The van der Waals surface area contributed by atoms with E-state index < -0.39 is 0 Å². The molecule has 1 fully saturated rings. The highest BCUT2D eigenvalue weighted by Crippen LogP contribution is 2.11. The zero-order chi connectivity index (χ0) is 5.28. The van der Waals surface area contributed by atoms with Gasteiger partial charge in [0.15, 0.2) is 5.78 Å². The topological polar surface area (TPSA) is 29.1 Å². The van der Waals surface area contributed by atoms with Crippen molar-refractivity contribution in [2.24, 2.45) is 0 Å². The molecule has 1 aliphatic rings. The second kappa shape index (κ2) is 1.62. The van der Waals surface area contributed by atoms with Crippen LogP contribution < -0.4 is 5.32 Å². The van der Waals surface area contributed by atoms with E-state index in [0.29, 0.717) is 5.78 Å². The summed E-state index contributed by atoms with van der Waals surface area (Å²) in [7, 11) is 0. The lowest BCUT2D eigenvalue weighted by Gasteiger charge is -1.87. The molecule has 0 aromatic rings. The molecule has 0 bridgehead atoms. The van der Waals surface area contributed by atoms with E-state index in [1.165, 1.54) is 0 Å². The van der Waals surface area contributed by atoms with Gasteiger partial charge in [-0.05, 0) is 6.54 Å². The summed E-state index contributed by atoms with van der Waals surface area (Å²) in [5.74, 6) is 0.363. The van der Waals surface area contributed by atoms with Crippen LogP contribution in [0.25, 0.3) is 0 Å². The second-order valence-electron chi connectivity index (χ2n) is 1.78. The van der Waals surface area contributed by atoms with Crippen molar-refractivity contribution in [2.45, 2.75) is 19.4 Å². The van der Waals surface area contributed by atoms with Crippen LogP contribution in [0.5, 0.6) is 0 Å². The van der Waals surface area contributed by atoms with E-state index in [1.807, 2.05) is 6.92 Å². The average Bonchev–Trinajstić information content (AvgIpc) is 2.22. The van der Waals surface area contributed by atoms with Crippen LogP contribution in [-0.4, -0.2) is 18.4 Å². The summed E-state index contributed by atoms with van der Waals surface area (Å²) < 4.78 is 0. The molecular formula is C5H9NO. The molecule has 0 amide bonds. The molecule has 0 radical (unpaired) electrons. The van der Waals surface area contributed by atoms with Crippen molar-refractivity contribution in [3.05, 3.63) is 0 Å². The van der Waals surface area contributed by atoms with Crippen molar-refractivity contribution >= 4 is 5.78 Å². The van der Waals surface area contributed by atoms with E-state index in [2.05, 4.69) is 5.32 Å². The van der Waals surface area contributed by atoms with Crippen molar-refractivity contribution in [3.8, 4) is 0 Å². The smallest absolute Gasteiger partial charge is 0.152 e. The number of hydrogen-bond donors (Lipinski definition) is 1. The Morgan fingerprint density at radius 1 is 2.00 bits per heavy atom. The summed E-state index contributed by atoms with van der Waals surface area (Å²) in [5, 5.41) is 3.02. The Labute approximate surface area is 42.9 Å². The molecule has 0 spiro atoms. The Bertz CT molecular complexity index is 90.1. The fraction of sp³-hybridized carbons (Fsp3) is 0.800. The number of nitrogens with one attached hydrogen (secondary N) is 1. The molecule has 2 nitrogen and oxygen atoms in total. The summed E-state index contributed by atoms with van der Waals surface area (Å²) in [6.45, 7) is 2.92. The lowest BCUT2D eigenvalue weighted by molar-refractivity contribution is -0.110. The van der Waals surface area contributed by atoms with Crippen LogP contribution in [0, 0.1) is 0 Å². The first kappa shape index (κ1) is 4.78. The third-order valence-corrected chi connectivity index (χ3v) is 1.08. The summed E-state index contributed by atoms with van der Waals surface area (Å²) >= 11 is 0. The Hall–Kier alpha value is -0.370. The van der Waals surface area contributed by atoms with E-state index in [-0.39, 0.29) is 6.04 Å². The molecule has 1 rings (SSSR count). The minimum atomic E-state index is 0.227. The zero-order valence-electron chi connectivity index (χ0n) is 4.40. The number of likely N-dealkylation sites (N-methyl/N-ethyl adjacent to an activating group) is 1. The van der Waals surface area contributed by atoms with Gasteiger partial charge in [0.1, 0.15) is 0 Å². The molecule has 7 heavy (non-hydrogen) atoms. The highest BCUT2D eigenvalue weighted by atomic mass is 16.1. The number of hydrogen-bond acceptors (Lipinski definition) is 2. The molecule has 1 saturated carbocycles. The van der Waals surface area contributed by atoms with Crippen LogP contribution in [0.4, 0.5) is 0 Å². The minimum absolute atomic E-state index is 0.227. The third-order valence-electron chi connectivity index (χ3n) is 1.08. The van der Waals surface area contributed by atoms with Gasteiger partial charge in [0.2, 0.25) is 0 Å². The van der Waals surface area contributed by atoms with Crippen LogP contribution >= 0.6 is 0 Å². The first-order valence-electron chi connectivity index (χ1n) is 2.60. The van der Waals surface area contributed by atoms with Crippen molar-refractivity contribution in [2.75, 3.05) is 6.54 Å². The van der Waals surface area contributed by atoms with E-state index in [4.69, 9.17) is 0 Å². The van der Waals surface area contributed by atoms with Crippen molar-refractivity contribution in [1.82, 2.24) is 5.32 Å². The van der Waals surface area contributed by atoms with Gasteiger partial charge in [0.25, 0.3) is 0 Å². The summed E-state index contributed by atoms with van der Waals surface area (Å²) in [5.41, 5.74) is 0. The molecule has 40 valence electrons. The van der Waals surface area contributed by atoms with Crippen molar-refractivity contribution in [3.63, 3.8) is 0 Å². The van der Waals surface area contributed by atoms with Crippen LogP contribution in [0.15, 0.2) is 0 Å². The van der Waals surface area contributed by atoms with Gasteiger partial charge in [-0.2, -0.15) is 0 Å². The third kappa shape index (κ3) is 0.996. The normalized spacial score (nSPS) is 28.1. The molecule has 0 aromatic heterocycles. The standard InChI is InChI=1S/C5H9NO/c1-2-6-4-3-5(4)7/h4,6H,2-3H2,1H3. The molecule has 2 heteroatoms. The molecular weight excluding hydrogens is 90.1 g/mol. The fourth-order valence-electron chi connectivity index (χ4n) is 0.575. The Morgan fingerprint density at radius 2 is 2.57 bits per heavy atom. The van der Waals surface area contributed by atoms with Gasteiger partial charge < -0.3 is 5.32 Å². The predicted molar refractivity (Wildman–Crippen MR) is 27.1 cm³/mol. The molecule has 0 aromatic carbocycles. The molecule has 0 heterocycles. The maximum absolute atomic E-state index is 10.2. The van der Waals surface area contributed by atoms with E-state index >= 15 is 0 Å². The van der Waals surface area contributed by atoms with E-state index in [1.54, 1.807) is 0 Å². The van der Waals surface area contributed by atoms with Gasteiger partial charge in [0, 0.05) is 6.42 Å². The number of Topliss-reactive ketones (excluding diaryl/α,β-unsaturated/α-hetero) is 1. The summed E-state index contributed by atoms with van der Waals surface area (Å²) in [6.07, 6.45) is 0.758. The lowest BCUT2D eigenvalue weighted by Crippen LogP contribution is -2.16. The average molecular weight is 99.1 g/mol. The van der Waals surface area contributed by atoms with Crippen LogP contribution in [-0.2, 0) is 4.79 Å². The molecule has 0 saturated heterocycles. The maximum Gasteiger partial charge on any atom is 0.152 e. The monoisotopic (exact) mass is 99.1 g/mol. The summed E-state index contributed by atoms with van der Waals surface area (Å²) in [6, 6.07) is 0.227. The number of carbonyl (C=O) groups is 1. The molecule has 1 N–H and O–H groups in total. The van der Waals surface area contributed by atoms with Gasteiger partial charge in [-0.1, -0.05) is 6.92 Å². The van der Waals surface area contributed by atoms with Crippen LogP contribution in [0.1, 0.15) is 13.3 Å². The predicted octanol–water partition coefficient (Wildman–Crippen LogP) is -0.0627. The van der Waals surface area contributed by atoms with Gasteiger partial charge in [-0.25, -0.2) is 0 Å². The number of rotatable bonds is 2. The van der Waals surface area contributed by atoms with Gasteiger partial charge >= 0.3 is 0 Å².